The van der Waals surface area contributed by atoms with E-state index in [0.29, 0.717) is 5.75 Å². The van der Waals surface area contributed by atoms with Gasteiger partial charge in [-0.2, -0.15) is 0 Å². The van der Waals surface area contributed by atoms with Crippen molar-refractivity contribution in [1.82, 2.24) is 4.90 Å². The van der Waals surface area contributed by atoms with Crippen molar-refractivity contribution < 1.29 is 15.0 Å². The van der Waals surface area contributed by atoms with E-state index in [1.807, 2.05) is 24.1 Å². The summed E-state index contributed by atoms with van der Waals surface area (Å²) < 4.78 is 0. The molecule has 0 radical (unpaired) electrons. The zero-order chi connectivity index (χ0) is 15.0. The van der Waals surface area contributed by atoms with Gasteiger partial charge < -0.3 is 10.2 Å². The van der Waals surface area contributed by atoms with Crippen molar-refractivity contribution >= 4 is 34.5 Å². The van der Waals surface area contributed by atoms with E-state index < -0.39 is 12.0 Å². The highest BCUT2D eigenvalue weighted by Crippen LogP contribution is 2.37. The van der Waals surface area contributed by atoms with Gasteiger partial charge in [-0.15, -0.1) is 23.5 Å². The lowest BCUT2D eigenvalue weighted by molar-refractivity contribution is -0.141. The summed E-state index contributed by atoms with van der Waals surface area (Å²) in [5.41, 5.74) is 0.755. The van der Waals surface area contributed by atoms with Crippen molar-refractivity contribution in [3.05, 3.63) is 29.8 Å². The van der Waals surface area contributed by atoms with Crippen LogP contribution >= 0.6 is 23.5 Å². The highest BCUT2D eigenvalue weighted by atomic mass is 32.2. The lowest BCUT2D eigenvalue weighted by Gasteiger charge is -2.24. The number of hydrogen-bond donors (Lipinski definition) is 2. The largest absolute Gasteiger partial charge is 0.507 e. The Morgan fingerprint density at radius 1 is 1.38 bits per heavy atom. The van der Waals surface area contributed by atoms with Gasteiger partial charge in [0.1, 0.15) is 16.8 Å². The van der Waals surface area contributed by atoms with E-state index in [-0.39, 0.29) is 17.2 Å². The fourth-order valence-corrected chi connectivity index (χ4v) is 5.33. The average molecular weight is 324 g/mol. The number of thioether (sulfide) groups is 2. The van der Waals surface area contributed by atoms with E-state index in [2.05, 4.69) is 0 Å². The lowest BCUT2D eigenvalue weighted by Crippen LogP contribution is -2.42. The number of carboxylic acids is 1. The number of aromatic hydroxyl groups is 1. The molecule has 3 rings (SSSR count). The third kappa shape index (κ3) is 2.77. The molecule has 5 nitrogen and oxygen atoms in total. The van der Waals surface area contributed by atoms with Crippen LogP contribution in [0.2, 0.25) is 0 Å². The van der Waals surface area contributed by atoms with E-state index in [1.165, 1.54) is 0 Å². The minimum absolute atomic E-state index is 0.0592. The van der Waals surface area contributed by atoms with Crippen LogP contribution in [0.1, 0.15) is 5.56 Å². The Kier molecular flexibility index (Phi) is 4.14. The Morgan fingerprint density at radius 3 is 2.81 bits per heavy atom. The molecule has 2 aliphatic rings. The molecule has 0 amide bonds. The van der Waals surface area contributed by atoms with Gasteiger partial charge in [-0.05, 0) is 19.2 Å². The molecule has 1 unspecified atom stereocenters. The third-order valence-corrected chi connectivity index (χ3v) is 6.34. The zero-order valence-electron chi connectivity index (χ0n) is 11.5. The summed E-state index contributed by atoms with van der Waals surface area (Å²) in [6, 6.07) is 6.80. The zero-order valence-corrected chi connectivity index (χ0v) is 13.1. The third-order valence-electron chi connectivity index (χ3n) is 3.74. The number of aliphatic carboxylic acids is 1. The van der Waals surface area contributed by atoms with Crippen LogP contribution in [-0.4, -0.2) is 62.1 Å². The average Bonchev–Trinajstić information content (AvgIpc) is 3.05. The van der Waals surface area contributed by atoms with Gasteiger partial charge in [-0.1, -0.05) is 12.1 Å². The summed E-state index contributed by atoms with van der Waals surface area (Å²) in [6.45, 7) is 0. The molecule has 0 bridgehead atoms. The molecule has 1 aromatic rings. The van der Waals surface area contributed by atoms with Crippen molar-refractivity contribution in [2.45, 2.75) is 17.5 Å². The van der Waals surface area contributed by atoms with Gasteiger partial charge in [-0.25, -0.2) is 0 Å². The first-order chi connectivity index (χ1) is 10.1. The molecule has 112 valence electrons. The molecule has 2 heterocycles. The van der Waals surface area contributed by atoms with Crippen LogP contribution in [0, 0.1) is 0 Å². The standard InChI is InChI=1S/C14H16N2O3S2/c1-16-10(14(18)19)7-21-13(16)9-6-20-12(15-9)8-4-2-3-5-11(8)17/h2-5,9-10,13,17H,6-7H2,1H3,(H,18,19)/t9?,10-,13-/m1/s1. The summed E-state index contributed by atoms with van der Waals surface area (Å²) in [5, 5.41) is 20.0. The number of para-hydroxylation sites is 1. The number of aliphatic imine (C=N–C) groups is 1. The Bertz CT molecular complexity index is 593. The lowest BCUT2D eigenvalue weighted by atomic mass is 10.2. The molecular weight excluding hydrogens is 308 g/mol. The second-order valence-corrected chi connectivity index (χ2v) is 7.23. The number of carboxylic acid groups (broad SMARTS) is 1. The Labute approximate surface area is 131 Å². The molecule has 0 aliphatic carbocycles. The van der Waals surface area contributed by atoms with Crippen LogP contribution in [0.15, 0.2) is 29.3 Å². The Hall–Kier alpha value is -1.18. The van der Waals surface area contributed by atoms with Crippen LogP contribution in [0.25, 0.3) is 0 Å². The number of rotatable bonds is 3. The monoisotopic (exact) mass is 324 g/mol. The van der Waals surface area contributed by atoms with Crippen molar-refractivity contribution in [2.75, 3.05) is 18.6 Å². The molecular formula is C14H16N2O3S2. The predicted molar refractivity (Wildman–Crippen MR) is 86.3 cm³/mol. The molecule has 21 heavy (non-hydrogen) atoms. The second-order valence-electron chi connectivity index (χ2n) is 5.07. The first-order valence-corrected chi connectivity index (χ1v) is 8.66. The van der Waals surface area contributed by atoms with Crippen molar-refractivity contribution in [3.63, 3.8) is 0 Å². The maximum absolute atomic E-state index is 11.2. The van der Waals surface area contributed by atoms with Gasteiger partial charge in [-0.3, -0.25) is 14.7 Å². The summed E-state index contributed by atoms with van der Waals surface area (Å²) >= 11 is 3.27. The number of hydrogen-bond acceptors (Lipinski definition) is 6. The first kappa shape index (κ1) is 14.7. The van der Waals surface area contributed by atoms with Crippen LogP contribution in [-0.2, 0) is 4.79 Å². The van der Waals surface area contributed by atoms with Crippen LogP contribution < -0.4 is 0 Å². The van der Waals surface area contributed by atoms with E-state index in [4.69, 9.17) is 4.99 Å². The van der Waals surface area contributed by atoms with Crippen LogP contribution in [0.5, 0.6) is 5.75 Å². The number of likely N-dealkylation sites (N-methyl/N-ethyl adjacent to an activating group) is 1. The molecule has 1 saturated heterocycles. The maximum atomic E-state index is 11.2. The fraction of sp³-hybridized carbons (Fsp3) is 0.429. The summed E-state index contributed by atoms with van der Waals surface area (Å²) in [4.78, 5) is 17.8. The van der Waals surface area contributed by atoms with Gasteiger partial charge >= 0.3 is 5.97 Å². The summed E-state index contributed by atoms with van der Waals surface area (Å²) in [6.07, 6.45) is 0. The quantitative estimate of drug-likeness (QED) is 0.882. The molecule has 0 saturated carbocycles. The molecule has 1 fully saturated rings. The van der Waals surface area contributed by atoms with E-state index >= 15 is 0 Å². The van der Waals surface area contributed by atoms with Gasteiger partial charge in [0.15, 0.2) is 0 Å². The van der Waals surface area contributed by atoms with E-state index in [9.17, 15) is 15.0 Å². The second kappa shape index (κ2) is 5.90. The highest BCUT2D eigenvalue weighted by molar-refractivity contribution is 8.14. The number of phenolic OH excluding ortho intramolecular Hbond substituents is 1. The summed E-state index contributed by atoms with van der Waals surface area (Å²) in [7, 11) is 1.85. The number of carbonyl (C=O) groups is 1. The van der Waals surface area contributed by atoms with Gasteiger partial charge in [0.2, 0.25) is 0 Å². The Balaban J connectivity index is 1.78. The molecule has 0 spiro atoms. The van der Waals surface area contributed by atoms with Gasteiger partial charge in [0.05, 0.1) is 11.4 Å². The Morgan fingerprint density at radius 2 is 2.14 bits per heavy atom. The number of benzene rings is 1. The predicted octanol–water partition coefficient (Wildman–Crippen LogP) is 1.71. The molecule has 1 aromatic carbocycles. The molecule has 2 N–H and O–H groups in total. The highest BCUT2D eigenvalue weighted by Gasteiger charge is 2.41. The van der Waals surface area contributed by atoms with E-state index in [1.54, 1.807) is 35.7 Å². The van der Waals surface area contributed by atoms with Crippen LogP contribution in [0.4, 0.5) is 0 Å². The number of phenols is 1. The SMILES string of the molecule is CN1[C@@H](C(=O)O)CS[C@@H]1C1CSC(c2ccccc2O)=N1. The normalized spacial score (nSPS) is 29.6. The number of nitrogens with zero attached hydrogens (tertiary/aromatic N) is 2. The van der Waals surface area contributed by atoms with Gasteiger partial charge in [0, 0.05) is 17.1 Å². The van der Waals surface area contributed by atoms with Crippen LogP contribution in [0.3, 0.4) is 0 Å². The minimum Gasteiger partial charge on any atom is -0.507 e. The van der Waals surface area contributed by atoms with Crippen molar-refractivity contribution in [2.24, 2.45) is 4.99 Å². The fourth-order valence-electron chi connectivity index (χ4n) is 2.57. The van der Waals surface area contributed by atoms with Gasteiger partial charge in [0.25, 0.3) is 0 Å². The molecule has 3 atom stereocenters. The maximum Gasteiger partial charge on any atom is 0.321 e. The molecule has 7 heteroatoms. The topological polar surface area (TPSA) is 73.1 Å². The molecule has 2 aliphatic heterocycles. The minimum atomic E-state index is -0.775. The van der Waals surface area contributed by atoms with E-state index in [0.717, 1.165) is 16.4 Å². The smallest absolute Gasteiger partial charge is 0.321 e. The van der Waals surface area contributed by atoms with Crippen molar-refractivity contribution in [1.29, 1.82) is 0 Å². The van der Waals surface area contributed by atoms with Crippen molar-refractivity contribution in [3.8, 4) is 5.75 Å². The first-order valence-electron chi connectivity index (χ1n) is 6.63. The molecule has 0 aromatic heterocycles. The summed E-state index contributed by atoms with van der Waals surface area (Å²) in [5.74, 6) is 0.875.